The number of sulfone groups is 1. The predicted octanol–water partition coefficient (Wildman–Crippen LogP) is 4.93. The molecule has 0 amide bonds. The highest BCUT2D eigenvalue weighted by atomic mass is 35.5. The van der Waals surface area contributed by atoms with Gasteiger partial charge in [-0.05, 0) is 72.3 Å². The fraction of sp³-hybridized carbons (Fsp3) is 0.0769. The number of rotatable bonds is 8. The quantitative estimate of drug-likeness (QED) is 0.319. The van der Waals surface area contributed by atoms with Crippen LogP contribution in [-0.4, -0.2) is 21.8 Å². The number of hydrogen-bond donors (Lipinski definition) is 1. The molecule has 1 atom stereocenters. The molecule has 0 saturated carbocycles. The number of nitriles is 1. The normalized spacial score (nSPS) is 12.6. The molecule has 0 saturated heterocycles. The van der Waals surface area contributed by atoms with Gasteiger partial charge >= 0.3 is 0 Å². The average molecular weight is 574 g/mol. The van der Waals surface area contributed by atoms with Crippen LogP contribution in [0, 0.1) is 23.0 Å². The number of nitrogens with one attached hydrogen (secondary N) is 1. The van der Waals surface area contributed by atoms with Crippen molar-refractivity contribution in [1.82, 2.24) is 9.71 Å². The van der Waals surface area contributed by atoms with Crippen molar-refractivity contribution in [1.29, 1.82) is 5.26 Å². The maximum atomic E-state index is 14.8. The van der Waals surface area contributed by atoms with E-state index in [0.717, 1.165) is 18.2 Å². The first kappa shape index (κ1) is 27.3. The fourth-order valence-corrected chi connectivity index (χ4v) is 6.60. The van der Waals surface area contributed by atoms with Crippen LogP contribution in [0.25, 0.3) is 0 Å². The largest absolute Gasteiger partial charge is 0.259 e. The van der Waals surface area contributed by atoms with Gasteiger partial charge in [0.2, 0.25) is 10.0 Å². The Labute approximate surface area is 223 Å². The molecule has 0 aliphatic carbocycles. The molecule has 3 aromatic carbocycles. The van der Waals surface area contributed by atoms with Crippen LogP contribution in [0.15, 0.2) is 94.9 Å². The molecule has 0 aliphatic heterocycles. The zero-order valence-corrected chi connectivity index (χ0v) is 21.7. The van der Waals surface area contributed by atoms with E-state index in [4.69, 9.17) is 16.9 Å². The molecular weight excluding hydrogens is 556 g/mol. The topological polar surface area (TPSA) is 117 Å². The first-order valence-corrected chi connectivity index (χ1v) is 14.3. The summed E-state index contributed by atoms with van der Waals surface area (Å²) < 4.78 is 83.6. The summed E-state index contributed by atoms with van der Waals surface area (Å²) >= 11 is 5.88. The average Bonchev–Trinajstić information content (AvgIpc) is 2.90. The van der Waals surface area contributed by atoms with E-state index in [9.17, 15) is 25.6 Å². The van der Waals surface area contributed by atoms with E-state index in [-0.39, 0.29) is 27.6 Å². The fourth-order valence-electron chi connectivity index (χ4n) is 3.65. The first-order valence-electron chi connectivity index (χ1n) is 10.9. The van der Waals surface area contributed by atoms with E-state index in [1.54, 1.807) is 0 Å². The van der Waals surface area contributed by atoms with Crippen molar-refractivity contribution in [3.8, 4) is 6.07 Å². The highest BCUT2D eigenvalue weighted by Gasteiger charge is 2.34. The van der Waals surface area contributed by atoms with Crippen LogP contribution in [0.5, 0.6) is 0 Å². The van der Waals surface area contributed by atoms with Gasteiger partial charge in [0.25, 0.3) is 0 Å². The van der Waals surface area contributed by atoms with E-state index < -0.39 is 42.3 Å². The molecule has 7 nitrogen and oxygen atoms in total. The second-order valence-corrected chi connectivity index (χ2v) is 12.3. The van der Waals surface area contributed by atoms with Gasteiger partial charge in [-0.25, -0.2) is 30.3 Å². The number of pyridine rings is 1. The lowest BCUT2D eigenvalue weighted by Crippen LogP contribution is -2.23. The number of sulfonamides is 1. The molecule has 194 valence electrons. The first-order chi connectivity index (χ1) is 18.0. The summed E-state index contributed by atoms with van der Waals surface area (Å²) in [6.45, 7) is -0.199. The van der Waals surface area contributed by atoms with E-state index in [1.165, 1.54) is 66.9 Å². The number of nitrogens with zero attached hydrogens (tertiary/aromatic N) is 2. The summed E-state index contributed by atoms with van der Waals surface area (Å²) in [5.74, 6) is -1.77. The summed E-state index contributed by atoms with van der Waals surface area (Å²) in [5.41, 5.74) is 0.0172. The predicted molar refractivity (Wildman–Crippen MR) is 136 cm³/mol. The molecule has 1 N–H and O–H groups in total. The Hall–Kier alpha value is -3.69. The summed E-state index contributed by atoms with van der Waals surface area (Å²) in [6, 6.07) is 17.8. The lowest BCUT2D eigenvalue weighted by atomic mass is 10.1. The van der Waals surface area contributed by atoms with Crippen molar-refractivity contribution in [2.45, 2.75) is 21.6 Å². The minimum absolute atomic E-state index is 0.0993. The molecule has 1 aromatic heterocycles. The van der Waals surface area contributed by atoms with Gasteiger partial charge in [0.05, 0.1) is 27.1 Å². The van der Waals surface area contributed by atoms with Crippen LogP contribution in [0.2, 0.25) is 5.02 Å². The molecule has 0 bridgehead atoms. The van der Waals surface area contributed by atoms with E-state index >= 15 is 0 Å². The molecule has 38 heavy (non-hydrogen) atoms. The summed E-state index contributed by atoms with van der Waals surface area (Å²) in [6.07, 6.45) is 1.24. The van der Waals surface area contributed by atoms with Gasteiger partial charge in [-0.1, -0.05) is 23.7 Å². The van der Waals surface area contributed by atoms with E-state index in [1.807, 2.05) is 6.07 Å². The van der Waals surface area contributed by atoms with Gasteiger partial charge in [0.15, 0.2) is 9.84 Å². The molecule has 0 fully saturated rings. The van der Waals surface area contributed by atoms with Crippen LogP contribution in [0.1, 0.15) is 27.6 Å². The molecule has 1 unspecified atom stereocenters. The van der Waals surface area contributed by atoms with E-state index in [0.29, 0.717) is 10.6 Å². The van der Waals surface area contributed by atoms with Gasteiger partial charge in [-0.15, -0.1) is 0 Å². The number of benzene rings is 3. The zero-order valence-electron chi connectivity index (χ0n) is 19.3. The second kappa shape index (κ2) is 11.0. The van der Waals surface area contributed by atoms with Crippen molar-refractivity contribution >= 4 is 31.5 Å². The van der Waals surface area contributed by atoms with Crippen molar-refractivity contribution in [2.24, 2.45) is 0 Å². The Kier molecular flexibility index (Phi) is 7.89. The maximum absolute atomic E-state index is 14.8. The molecule has 4 rings (SSSR count). The van der Waals surface area contributed by atoms with Gasteiger partial charge in [-0.3, -0.25) is 4.98 Å². The molecule has 12 heteroatoms. The lowest BCUT2D eigenvalue weighted by Gasteiger charge is -2.19. The van der Waals surface area contributed by atoms with Crippen LogP contribution >= 0.6 is 11.6 Å². The standard InChI is InChI=1S/C26H18ClF2N3O4S2/c27-19-5-8-21(9-6-19)37(33,34)26(23-13-20(28)7-10-24(23)29)25-11-4-18(15-31-25)16-32-38(35,36)22-3-1-2-17(12-22)14-30/h1-13,15,26,32H,16H2. The highest BCUT2D eigenvalue weighted by molar-refractivity contribution is 7.92. The third-order valence-electron chi connectivity index (χ3n) is 5.55. The monoisotopic (exact) mass is 573 g/mol. The second-order valence-electron chi connectivity index (χ2n) is 8.10. The Bertz CT molecular complexity index is 1740. The van der Waals surface area contributed by atoms with Crippen LogP contribution in [0.4, 0.5) is 8.78 Å². The Balaban J connectivity index is 1.67. The molecule has 0 spiro atoms. The van der Waals surface area contributed by atoms with Crippen molar-refractivity contribution in [3.63, 3.8) is 0 Å². The molecule has 0 aliphatic rings. The minimum Gasteiger partial charge on any atom is -0.259 e. The Morgan fingerprint density at radius 3 is 2.32 bits per heavy atom. The van der Waals surface area contributed by atoms with Crippen LogP contribution in [-0.2, 0) is 26.4 Å². The third kappa shape index (κ3) is 5.89. The maximum Gasteiger partial charge on any atom is 0.240 e. The van der Waals surface area contributed by atoms with Gasteiger partial charge in [0.1, 0.15) is 16.9 Å². The third-order valence-corrected chi connectivity index (χ3v) is 9.25. The van der Waals surface area contributed by atoms with E-state index in [2.05, 4.69) is 9.71 Å². The summed E-state index contributed by atoms with van der Waals surface area (Å²) in [4.78, 5) is 3.89. The summed E-state index contributed by atoms with van der Waals surface area (Å²) in [5, 5.41) is 7.59. The zero-order chi connectivity index (χ0) is 27.5. The van der Waals surface area contributed by atoms with Gasteiger partial charge in [-0.2, -0.15) is 5.26 Å². The number of aromatic nitrogens is 1. The highest BCUT2D eigenvalue weighted by Crippen LogP contribution is 2.36. The van der Waals surface area contributed by atoms with Crippen molar-refractivity contribution < 1.29 is 25.6 Å². The van der Waals surface area contributed by atoms with Crippen molar-refractivity contribution in [2.75, 3.05) is 0 Å². The molecule has 0 radical (unpaired) electrons. The van der Waals surface area contributed by atoms with Gasteiger partial charge < -0.3 is 0 Å². The van der Waals surface area contributed by atoms with Crippen molar-refractivity contribution in [3.05, 3.63) is 124 Å². The minimum atomic E-state index is -4.32. The van der Waals surface area contributed by atoms with Crippen LogP contribution < -0.4 is 4.72 Å². The number of hydrogen-bond acceptors (Lipinski definition) is 6. The van der Waals surface area contributed by atoms with Gasteiger partial charge in [0, 0.05) is 23.3 Å². The molecular formula is C26H18ClF2N3O4S2. The molecule has 4 aromatic rings. The Morgan fingerprint density at radius 2 is 1.66 bits per heavy atom. The van der Waals surface area contributed by atoms with Crippen LogP contribution in [0.3, 0.4) is 0 Å². The Morgan fingerprint density at radius 1 is 0.921 bits per heavy atom. The smallest absolute Gasteiger partial charge is 0.240 e. The number of halogens is 3. The lowest BCUT2D eigenvalue weighted by molar-refractivity contribution is 0.568. The molecule has 1 heterocycles. The summed E-state index contributed by atoms with van der Waals surface area (Å²) in [7, 11) is -8.28. The SMILES string of the molecule is N#Cc1cccc(S(=O)(=O)NCc2ccc(C(c3cc(F)ccc3F)S(=O)(=O)c3ccc(Cl)cc3)nc2)c1.